The molecule has 1 atom stereocenters. The summed E-state index contributed by atoms with van der Waals surface area (Å²) in [6.07, 6.45) is 56.0. The summed E-state index contributed by atoms with van der Waals surface area (Å²) in [6, 6.07) is 0. The van der Waals surface area contributed by atoms with Gasteiger partial charge in [0.2, 0.25) is 5.91 Å². The van der Waals surface area contributed by atoms with Gasteiger partial charge in [-0.05, 0) is 70.6 Å². The van der Waals surface area contributed by atoms with Crippen LogP contribution in [-0.4, -0.2) is 35.6 Å². The molecule has 0 aromatic carbocycles. The molecule has 0 saturated carbocycles. The Morgan fingerprint density at radius 3 is 1.23 bits per heavy atom. The summed E-state index contributed by atoms with van der Waals surface area (Å²) in [5, 5.41) is 11.1. The standard InChI is InChI=1S/C50H93NO5/c1-3-5-7-9-11-13-15-17-18-19-20-21-22-23-24-26-28-30-32-37-41-45-50(55)56-47(43-39-35-33-36-40-44-48(52)51-46-49(53)54)42-38-34-31-29-27-25-16-14-12-10-8-6-4-2/h15,17,19-20,47H,3-14,16,18,21-46H2,1-2H3,(H,51,52)(H,53,54)/b17-15-,20-19-. The highest BCUT2D eigenvalue weighted by atomic mass is 16.5. The molecule has 6 heteroatoms. The molecular weight excluding hydrogens is 695 g/mol. The minimum atomic E-state index is -1.01. The first kappa shape index (κ1) is 53.9. The first-order chi connectivity index (χ1) is 27.5. The van der Waals surface area contributed by atoms with Crippen LogP contribution in [0.5, 0.6) is 0 Å². The van der Waals surface area contributed by atoms with Crippen LogP contribution in [0.15, 0.2) is 24.3 Å². The van der Waals surface area contributed by atoms with E-state index in [-0.39, 0.29) is 24.5 Å². The van der Waals surface area contributed by atoms with Gasteiger partial charge >= 0.3 is 11.9 Å². The molecule has 1 unspecified atom stereocenters. The number of carbonyl (C=O) groups is 3. The third-order valence-corrected chi connectivity index (χ3v) is 11.1. The number of hydrogen-bond donors (Lipinski definition) is 2. The number of carboxylic acid groups (broad SMARTS) is 1. The fraction of sp³-hybridized carbons (Fsp3) is 0.860. The van der Waals surface area contributed by atoms with Crippen LogP contribution in [0.4, 0.5) is 0 Å². The number of rotatable bonds is 45. The second-order valence-corrected chi connectivity index (χ2v) is 16.7. The van der Waals surface area contributed by atoms with Gasteiger partial charge in [0.25, 0.3) is 0 Å². The molecule has 0 aromatic rings. The van der Waals surface area contributed by atoms with Gasteiger partial charge < -0.3 is 15.2 Å². The number of nitrogens with one attached hydrogen (secondary N) is 1. The van der Waals surface area contributed by atoms with Gasteiger partial charge in [-0.3, -0.25) is 14.4 Å². The van der Waals surface area contributed by atoms with Crippen molar-refractivity contribution in [2.45, 2.75) is 270 Å². The highest BCUT2D eigenvalue weighted by Gasteiger charge is 2.14. The zero-order valence-electron chi connectivity index (χ0n) is 37.3. The molecule has 0 aliphatic heterocycles. The largest absolute Gasteiger partial charge is 0.480 e. The number of esters is 1. The van der Waals surface area contributed by atoms with Crippen LogP contribution in [0, 0.1) is 0 Å². The molecule has 6 nitrogen and oxygen atoms in total. The SMILES string of the molecule is CCCCCCC/C=C\C/C=C\CCCCCCCCCCCC(=O)OC(CCCCCCCCCCCCCCC)CCCCCCCC(=O)NCC(=O)O. The fourth-order valence-corrected chi connectivity index (χ4v) is 7.49. The predicted molar refractivity (Wildman–Crippen MR) is 240 cm³/mol. The van der Waals surface area contributed by atoms with E-state index in [2.05, 4.69) is 43.5 Å². The average Bonchev–Trinajstić information content (AvgIpc) is 3.18. The van der Waals surface area contributed by atoms with Crippen LogP contribution in [0.3, 0.4) is 0 Å². The Balaban J connectivity index is 4.07. The molecule has 0 radical (unpaired) electrons. The number of unbranched alkanes of at least 4 members (excludes halogenated alkanes) is 30. The van der Waals surface area contributed by atoms with Gasteiger partial charge in [0, 0.05) is 12.8 Å². The minimum Gasteiger partial charge on any atom is -0.480 e. The molecule has 328 valence electrons. The smallest absolute Gasteiger partial charge is 0.322 e. The number of aliphatic carboxylic acids is 1. The fourth-order valence-electron chi connectivity index (χ4n) is 7.49. The second kappa shape index (κ2) is 45.6. The summed E-state index contributed by atoms with van der Waals surface area (Å²) in [5.41, 5.74) is 0. The van der Waals surface area contributed by atoms with E-state index in [1.165, 1.54) is 167 Å². The molecule has 0 bridgehead atoms. The molecule has 1 amide bonds. The van der Waals surface area contributed by atoms with Crippen molar-refractivity contribution in [3.63, 3.8) is 0 Å². The lowest BCUT2D eigenvalue weighted by atomic mass is 10.0. The lowest BCUT2D eigenvalue weighted by Gasteiger charge is -2.18. The van der Waals surface area contributed by atoms with Crippen molar-refractivity contribution in [3.05, 3.63) is 24.3 Å². The Bertz CT molecular complexity index is 915. The van der Waals surface area contributed by atoms with Crippen LogP contribution >= 0.6 is 0 Å². The molecule has 0 heterocycles. The Hall–Kier alpha value is -2.11. The van der Waals surface area contributed by atoms with Crippen LogP contribution in [-0.2, 0) is 19.1 Å². The number of hydrogen-bond acceptors (Lipinski definition) is 4. The topological polar surface area (TPSA) is 92.7 Å². The lowest BCUT2D eigenvalue weighted by molar-refractivity contribution is -0.150. The van der Waals surface area contributed by atoms with Gasteiger partial charge in [-0.15, -0.1) is 0 Å². The van der Waals surface area contributed by atoms with Crippen LogP contribution in [0.1, 0.15) is 264 Å². The van der Waals surface area contributed by atoms with Gasteiger partial charge in [0.15, 0.2) is 0 Å². The quantitative estimate of drug-likeness (QED) is 0.0364. The molecule has 0 spiro atoms. The maximum absolute atomic E-state index is 12.8. The number of carbonyl (C=O) groups excluding carboxylic acids is 2. The summed E-state index contributed by atoms with van der Waals surface area (Å²) >= 11 is 0. The van der Waals surface area contributed by atoms with Crippen molar-refractivity contribution >= 4 is 17.8 Å². The monoisotopic (exact) mass is 788 g/mol. The third kappa shape index (κ3) is 44.6. The lowest BCUT2D eigenvalue weighted by Crippen LogP contribution is -2.28. The highest BCUT2D eigenvalue weighted by molar-refractivity contribution is 5.80. The average molecular weight is 788 g/mol. The maximum atomic E-state index is 12.8. The predicted octanol–water partition coefficient (Wildman–Crippen LogP) is 15.5. The van der Waals surface area contributed by atoms with E-state index in [1.807, 2.05) is 0 Å². The van der Waals surface area contributed by atoms with Crippen molar-refractivity contribution < 1.29 is 24.2 Å². The molecule has 0 aromatic heterocycles. The maximum Gasteiger partial charge on any atom is 0.322 e. The molecule has 0 rings (SSSR count). The normalized spacial score (nSPS) is 12.2. The van der Waals surface area contributed by atoms with Gasteiger partial charge in [0.05, 0.1) is 0 Å². The first-order valence-electron chi connectivity index (χ1n) is 24.5. The zero-order valence-corrected chi connectivity index (χ0v) is 37.3. The van der Waals surface area contributed by atoms with Crippen molar-refractivity contribution in [2.75, 3.05) is 6.54 Å². The molecule has 0 saturated heterocycles. The van der Waals surface area contributed by atoms with Crippen molar-refractivity contribution in [3.8, 4) is 0 Å². The van der Waals surface area contributed by atoms with Gasteiger partial charge in [-0.25, -0.2) is 0 Å². The molecule has 56 heavy (non-hydrogen) atoms. The summed E-state index contributed by atoms with van der Waals surface area (Å²) in [5.74, 6) is -1.22. The van der Waals surface area contributed by atoms with E-state index >= 15 is 0 Å². The van der Waals surface area contributed by atoms with E-state index < -0.39 is 5.97 Å². The van der Waals surface area contributed by atoms with E-state index in [0.29, 0.717) is 12.8 Å². The zero-order chi connectivity index (χ0) is 40.8. The molecule has 0 fully saturated rings. The molecule has 0 aliphatic rings. The second-order valence-electron chi connectivity index (χ2n) is 16.7. The first-order valence-corrected chi connectivity index (χ1v) is 24.5. The number of carboxylic acids is 1. The van der Waals surface area contributed by atoms with Crippen LogP contribution < -0.4 is 5.32 Å². The Morgan fingerprint density at radius 2 is 0.821 bits per heavy atom. The van der Waals surface area contributed by atoms with E-state index in [0.717, 1.165) is 70.6 Å². The van der Waals surface area contributed by atoms with Crippen LogP contribution in [0.2, 0.25) is 0 Å². The number of ether oxygens (including phenoxy) is 1. The van der Waals surface area contributed by atoms with Crippen molar-refractivity contribution in [1.29, 1.82) is 0 Å². The third-order valence-electron chi connectivity index (χ3n) is 11.1. The van der Waals surface area contributed by atoms with E-state index in [4.69, 9.17) is 9.84 Å². The summed E-state index contributed by atoms with van der Waals surface area (Å²) < 4.78 is 6.06. The van der Waals surface area contributed by atoms with Gasteiger partial charge in [-0.1, -0.05) is 205 Å². The van der Waals surface area contributed by atoms with Crippen molar-refractivity contribution in [1.82, 2.24) is 5.32 Å². The Kier molecular flexibility index (Phi) is 43.9. The molecular formula is C50H93NO5. The van der Waals surface area contributed by atoms with Crippen LogP contribution in [0.25, 0.3) is 0 Å². The Morgan fingerprint density at radius 1 is 0.464 bits per heavy atom. The number of allylic oxidation sites excluding steroid dienone is 4. The Labute approximate surface area is 347 Å². The van der Waals surface area contributed by atoms with Gasteiger partial charge in [-0.2, -0.15) is 0 Å². The van der Waals surface area contributed by atoms with E-state index in [9.17, 15) is 14.4 Å². The minimum absolute atomic E-state index is 0.0139. The molecule has 0 aliphatic carbocycles. The van der Waals surface area contributed by atoms with Crippen molar-refractivity contribution in [2.24, 2.45) is 0 Å². The van der Waals surface area contributed by atoms with E-state index in [1.54, 1.807) is 0 Å². The summed E-state index contributed by atoms with van der Waals surface area (Å²) in [4.78, 5) is 35.1. The molecule has 2 N–H and O–H groups in total. The summed E-state index contributed by atoms with van der Waals surface area (Å²) in [7, 11) is 0. The highest BCUT2D eigenvalue weighted by Crippen LogP contribution is 2.19. The summed E-state index contributed by atoms with van der Waals surface area (Å²) in [6.45, 7) is 4.24. The number of amides is 1. The van der Waals surface area contributed by atoms with Gasteiger partial charge in [0.1, 0.15) is 12.6 Å².